The van der Waals surface area contributed by atoms with Crippen molar-refractivity contribution in [3.8, 4) is 0 Å². The van der Waals surface area contributed by atoms with E-state index in [4.69, 9.17) is 11.6 Å². The maximum atomic E-state index is 12.2. The standard InChI is InChI=1S/C14H15ClN4OS2/c1-8(12(20)16-10-4-2-9(15)3-5-10)21-14-19-18-13(22-14)17-11-6-7-11/h2-5,8,11H,6-7H2,1H3,(H,16,20)(H,17,18)/t8-/m0/s1. The minimum Gasteiger partial charge on any atom is -0.357 e. The maximum Gasteiger partial charge on any atom is 0.237 e. The van der Waals surface area contributed by atoms with E-state index in [1.54, 1.807) is 24.3 Å². The van der Waals surface area contributed by atoms with Crippen LogP contribution in [-0.2, 0) is 4.79 Å². The molecule has 0 radical (unpaired) electrons. The van der Waals surface area contributed by atoms with Gasteiger partial charge in [-0.25, -0.2) is 0 Å². The Labute approximate surface area is 141 Å². The number of hydrogen-bond donors (Lipinski definition) is 2. The maximum absolute atomic E-state index is 12.2. The van der Waals surface area contributed by atoms with Crippen molar-refractivity contribution in [2.75, 3.05) is 10.6 Å². The fraction of sp³-hybridized carbons (Fsp3) is 0.357. The molecule has 1 aromatic carbocycles. The molecule has 1 atom stereocenters. The number of carbonyl (C=O) groups excluding carboxylic acids is 1. The van der Waals surface area contributed by atoms with Crippen molar-refractivity contribution >= 4 is 51.4 Å². The summed E-state index contributed by atoms with van der Waals surface area (Å²) in [6.07, 6.45) is 2.39. The Kier molecular flexibility index (Phi) is 4.85. The first-order valence-corrected chi connectivity index (χ1v) is 9.01. The Bertz CT molecular complexity index is 657. The molecule has 1 aliphatic carbocycles. The largest absolute Gasteiger partial charge is 0.357 e. The first-order chi connectivity index (χ1) is 10.6. The van der Waals surface area contributed by atoms with Gasteiger partial charge in [-0.1, -0.05) is 34.7 Å². The van der Waals surface area contributed by atoms with E-state index in [1.807, 2.05) is 6.92 Å². The third-order valence-electron chi connectivity index (χ3n) is 3.07. The molecule has 2 aromatic rings. The van der Waals surface area contributed by atoms with Gasteiger partial charge in [0.15, 0.2) is 4.34 Å². The van der Waals surface area contributed by atoms with Gasteiger partial charge >= 0.3 is 0 Å². The molecule has 2 N–H and O–H groups in total. The van der Waals surface area contributed by atoms with E-state index in [9.17, 15) is 4.79 Å². The van der Waals surface area contributed by atoms with Crippen molar-refractivity contribution in [2.24, 2.45) is 0 Å². The molecule has 1 amide bonds. The van der Waals surface area contributed by atoms with Gasteiger partial charge in [0, 0.05) is 16.8 Å². The van der Waals surface area contributed by atoms with Crippen molar-refractivity contribution in [1.82, 2.24) is 10.2 Å². The number of rotatable bonds is 6. The molecule has 1 saturated carbocycles. The number of anilines is 2. The topological polar surface area (TPSA) is 66.9 Å². The molecule has 22 heavy (non-hydrogen) atoms. The van der Waals surface area contributed by atoms with Crippen LogP contribution in [0, 0.1) is 0 Å². The van der Waals surface area contributed by atoms with Crippen LogP contribution in [0.2, 0.25) is 5.02 Å². The van der Waals surface area contributed by atoms with Crippen LogP contribution in [0.15, 0.2) is 28.6 Å². The van der Waals surface area contributed by atoms with Crippen molar-refractivity contribution in [1.29, 1.82) is 0 Å². The van der Waals surface area contributed by atoms with E-state index in [0.717, 1.165) is 15.2 Å². The Morgan fingerprint density at radius 3 is 2.77 bits per heavy atom. The smallest absolute Gasteiger partial charge is 0.237 e. The summed E-state index contributed by atoms with van der Waals surface area (Å²) in [6, 6.07) is 7.60. The number of carbonyl (C=O) groups is 1. The lowest BCUT2D eigenvalue weighted by molar-refractivity contribution is -0.115. The fourth-order valence-corrected chi connectivity index (χ4v) is 3.80. The summed E-state index contributed by atoms with van der Waals surface area (Å²) in [7, 11) is 0. The number of aromatic nitrogens is 2. The second-order valence-electron chi connectivity index (χ2n) is 5.05. The van der Waals surface area contributed by atoms with Crippen LogP contribution < -0.4 is 10.6 Å². The summed E-state index contributed by atoms with van der Waals surface area (Å²) in [4.78, 5) is 12.2. The van der Waals surface area contributed by atoms with Gasteiger partial charge in [-0.3, -0.25) is 4.79 Å². The molecular formula is C14H15ClN4OS2. The second-order valence-corrected chi connectivity index (χ2v) is 8.05. The molecule has 1 heterocycles. The molecule has 0 unspecified atom stereocenters. The Balaban J connectivity index is 1.53. The van der Waals surface area contributed by atoms with E-state index >= 15 is 0 Å². The Hall–Kier alpha value is -1.31. The van der Waals surface area contributed by atoms with Gasteiger partial charge in [-0.15, -0.1) is 10.2 Å². The number of thioether (sulfide) groups is 1. The number of amides is 1. The molecular weight excluding hydrogens is 340 g/mol. The van der Waals surface area contributed by atoms with Crippen molar-refractivity contribution in [3.63, 3.8) is 0 Å². The van der Waals surface area contributed by atoms with E-state index in [2.05, 4.69) is 20.8 Å². The molecule has 5 nitrogen and oxygen atoms in total. The molecule has 0 spiro atoms. The average Bonchev–Trinajstić information content (AvgIpc) is 3.20. The lowest BCUT2D eigenvalue weighted by atomic mass is 10.3. The van der Waals surface area contributed by atoms with Crippen LogP contribution in [0.1, 0.15) is 19.8 Å². The van der Waals surface area contributed by atoms with Crippen LogP contribution >= 0.6 is 34.7 Å². The lowest BCUT2D eigenvalue weighted by Crippen LogP contribution is -2.22. The second kappa shape index (κ2) is 6.85. The number of nitrogens with zero attached hydrogens (tertiary/aromatic N) is 2. The van der Waals surface area contributed by atoms with Gasteiger partial charge in [0.1, 0.15) is 0 Å². The highest BCUT2D eigenvalue weighted by Crippen LogP contribution is 2.32. The Morgan fingerprint density at radius 1 is 1.36 bits per heavy atom. The summed E-state index contributed by atoms with van der Waals surface area (Å²) < 4.78 is 0.793. The average molecular weight is 355 g/mol. The van der Waals surface area contributed by atoms with Crippen molar-refractivity contribution in [2.45, 2.75) is 35.4 Å². The van der Waals surface area contributed by atoms with Crippen LogP contribution in [0.25, 0.3) is 0 Å². The third-order valence-corrected chi connectivity index (χ3v) is 5.36. The Morgan fingerprint density at radius 2 is 2.09 bits per heavy atom. The zero-order valence-corrected chi connectivity index (χ0v) is 14.3. The van der Waals surface area contributed by atoms with E-state index in [0.29, 0.717) is 11.1 Å². The molecule has 116 valence electrons. The molecule has 3 rings (SSSR count). The molecule has 1 fully saturated rings. The normalized spacial score (nSPS) is 15.4. The fourth-order valence-electron chi connectivity index (χ4n) is 1.70. The summed E-state index contributed by atoms with van der Waals surface area (Å²) in [6.45, 7) is 1.85. The predicted molar refractivity (Wildman–Crippen MR) is 92.0 cm³/mol. The summed E-state index contributed by atoms with van der Waals surface area (Å²) >= 11 is 8.72. The van der Waals surface area contributed by atoms with Crippen LogP contribution in [0.5, 0.6) is 0 Å². The zero-order valence-electron chi connectivity index (χ0n) is 11.9. The number of hydrogen-bond acceptors (Lipinski definition) is 6. The first-order valence-electron chi connectivity index (χ1n) is 6.93. The number of halogens is 1. The first kappa shape index (κ1) is 15.6. The van der Waals surface area contributed by atoms with Crippen LogP contribution in [-0.4, -0.2) is 27.4 Å². The molecule has 8 heteroatoms. The number of nitrogens with one attached hydrogen (secondary N) is 2. The van der Waals surface area contributed by atoms with Crippen LogP contribution in [0.3, 0.4) is 0 Å². The van der Waals surface area contributed by atoms with Gasteiger partial charge < -0.3 is 10.6 Å². The minimum atomic E-state index is -0.252. The highest BCUT2D eigenvalue weighted by molar-refractivity contribution is 8.02. The highest BCUT2D eigenvalue weighted by atomic mass is 35.5. The zero-order chi connectivity index (χ0) is 15.5. The summed E-state index contributed by atoms with van der Waals surface area (Å²) in [5.74, 6) is -0.0702. The van der Waals surface area contributed by atoms with Gasteiger partial charge in [0.2, 0.25) is 11.0 Å². The molecule has 0 aliphatic heterocycles. The van der Waals surface area contributed by atoms with Crippen molar-refractivity contribution in [3.05, 3.63) is 29.3 Å². The quantitative estimate of drug-likeness (QED) is 0.770. The van der Waals surface area contributed by atoms with E-state index in [1.165, 1.54) is 35.9 Å². The number of benzene rings is 1. The monoisotopic (exact) mass is 354 g/mol. The SMILES string of the molecule is C[C@H](Sc1nnc(NC2CC2)s1)C(=O)Nc1ccc(Cl)cc1. The lowest BCUT2D eigenvalue weighted by Gasteiger charge is -2.10. The van der Waals surface area contributed by atoms with Crippen molar-refractivity contribution < 1.29 is 4.79 Å². The van der Waals surface area contributed by atoms with Gasteiger partial charge in [0.25, 0.3) is 0 Å². The molecule has 0 bridgehead atoms. The molecule has 1 aromatic heterocycles. The predicted octanol–water partition coefficient (Wildman–Crippen LogP) is 3.89. The molecule has 1 aliphatic rings. The van der Waals surface area contributed by atoms with Gasteiger partial charge in [0.05, 0.1) is 5.25 Å². The summed E-state index contributed by atoms with van der Waals surface area (Å²) in [5.41, 5.74) is 0.732. The molecule has 0 saturated heterocycles. The third kappa shape index (κ3) is 4.34. The minimum absolute atomic E-state index is 0.0702. The van der Waals surface area contributed by atoms with E-state index < -0.39 is 0 Å². The van der Waals surface area contributed by atoms with Gasteiger partial charge in [-0.2, -0.15) is 0 Å². The highest BCUT2D eigenvalue weighted by Gasteiger charge is 2.23. The summed E-state index contributed by atoms with van der Waals surface area (Å²) in [5, 5.41) is 15.6. The van der Waals surface area contributed by atoms with Crippen LogP contribution in [0.4, 0.5) is 10.8 Å². The van der Waals surface area contributed by atoms with Gasteiger partial charge in [-0.05, 0) is 44.0 Å². The van der Waals surface area contributed by atoms with E-state index in [-0.39, 0.29) is 11.2 Å².